The van der Waals surface area contributed by atoms with Crippen molar-refractivity contribution in [2.24, 2.45) is 5.92 Å². The van der Waals surface area contributed by atoms with E-state index >= 15 is 0 Å². The summed E-state index contributed by atoms with van der Waals surface area (Å²) in [5.74, 6) is 0.354. The molecule has 34 heavy (non-hydrogen) atoms. The normalized spacial score (nSPS) is 16.9. The van der Waals surface area contributed by atoms with Crippen molar-refractivity contribution in [3.05, 3.63) is 18.3 Å². The van der Waals surface area contributed by atoms with Crippen LogP contribution >= 0.6 is 0 Å². The quantitative estimate of drug-likeness (QED) is 0.423. The number of hydrogen-bond acceptors (Lipinski definition) is 7. The second kappa shape index (κ2) is 12.3. The first kappa shape index (κ1) is 27.8. The smallest absolute Gasteiger partial charge is 0.407 e. The first-order chi connectivity index (χ1) is 15.9. The van der Waals surface area contributed by atoms with Crippen molar-refractivity contribution in [2.75, 3.05) is 31.1 Å². The van der Waals surface area contributed by atoms with E-state index in [1.807, 2.05) is 18.7 Å². The second-order valence-electron chi connectivity index (χ2n) is 9.49. The molecule has 2 heterocycles. The minimum atomic E-state index is -3.62. The summed E-state index contributed by atoms with van der Waals surface area (Å²) >= 11 is 0. The maximum absolute atomic E-state index is 12.6. The third kappa shape index (κ3) is 8.75. The SMILES string of the molecule is CCC(CC)NS(=O)(=O)c1ccc(N2CCCC(C(=O)NCCNC(=O)OC(C)(C)C)C2)nc1. The fourth-order valence-corrected chi connectivity index (χ4v) is 5.02. The van der Waals surface area contributed by atoms with Crippen molar-refractivity contribution in [2.45, 2.75) is 76.8 Å². The lowest BCUT2D eigenvalue weighted by Crippen LogP contribution is -2.45. The van der Waals surface area contributed by atoms with E-state index < -0.39 is 21.7 Å². The van der Waals surface area contributed by atoms with E-state index in [0.29, 0.717) is 18.9 Å². The Balaban J connectivity index is 1.87. The van der Waals surface area contributed by atoms with E-state index in [1.54, 1.807) is 32.9 Å². The lowest BCUT2D eigenvalue weighted by atomic mass is 9.97. The fourth-order valence-electron chi connectivity index (χ4n) is 3.67. The molecule has 1 fully saturated rings. The van der Waals surface area contributed by atoms with Crippen molar-refractivity contribution < 1.29 is 22.7 Å². The summed E-state index contributed by atoms with van der Waals surface area (Å²) in [5, 5.41) is 5.47. The first-order valence-corrected chi connectivity index (χ1v) is 13.4. The number of piperidine rings is 1. The Morgan fingerprint density at radius 3 is 2.44 bits per heavy atom. The van der Waals surface area contributed by atoms with Crippen LogP contribution in [0.1, 0.15) is 60.3 Å². The van der Waals surface area contributed by atoms with Gasteiger partial charge in [-0.05, 0) is 58.6 Å². The van der Waals surface area contributed by atoms with E-state index in [9.17, 15) is 18.0 Å². The molecule has 0 spiro atoms. The van der Waals surface area contributed by atoms with Gasteiger partial charge in [-0.1, -0.05) is 13.8 Å². The van der Waals surface area contributed by atoms with Crippen LogP contribution in [-0.2, 0) is 19.6 Å². The molecule has 1 unspecified atom stereocenters. The zero-order valence-electron chi connectivity index (χ0n) is 20.9. The van der Waals surface area contributed by atoms with E-state index in [4.69, 9.17) is 4.74 Å². The summed E-state index contributed by atoms with van der Waals surface area (Å²) in [5.41, 5.74) is -0.570. The Hall–Kier alpha value is -2.40. The highest BCUT2D eigenvalue weighted by molar-refractivity contribution is 7.89. The molecule has 0 aromatic carbocycles. The summed E-state index contributed by atoms with van der Waals surface area (Å²) in [6, 6.07) is 3.14. The van der Waals surface area contributed by atoms with Gasteiger partial charge in [-0.15, -0.1) is 0 Å². The van der Waals surface area contributed by atoms with Crippen LogP contribution in [0.3, 0.4) is 0 Å². The number of sulfonamides is 1. The number of carbonyl (C=O) groups excluding carboxylic acids is 2. The highest BCUT2D eigenvalue weighted by Crippen LogP contribution is 2.23. The highest BCUT2D eigenvalue weighted by atomic mass is 32.2. The van der Waals surface area contributed by atoms with Crippen molar-refractivity contribution in [1.29, 1.82) is 0 Å². The van der Waals surface area contributed by atoms with Gasteiger partial charge in [-0.3, -0.25) is 4.79 Å². The number of hydrogen-bond donors (Lipinski definition) is 3. The third-order valence-electron chi connectivity index (χ3n) is 5.55. The standard InChI is InChI=1S/C23H39N5O5S/c1-6-18(7-2)27-34(31,32)19-10-11-20(26-15-19)28-14-8-9-17(16-28)21(29)24-12-13-25-22(30)33-23(3,4)5/h10-11,15,17-18,27H,6-9,12-14,16H2,1-5H3,(H,24,29)(H,25,30). The Kier molecular flexibility index (Phi) is 10.1. The molecule has 0 bridgehead atoms. The number of amides is 2. The lowest BCUT2D eigenvalue weighted by Gasteiger charge is -2.33. The highest BCUT2D eigenvalue weighted by Gasteiger charge is 2.27. The van der Waals surface area contributed by atoms with E-state index in [2.05, 4.69) is 20.3 Å². The molecule has 1 saturated heterocycles. The second-order valence-corrected chi connectivity index (χ2v) is 11.2. The number of alkyl carbamates (subject to hydrolysis) is 1. The predicted octanol–water partition coefficient (Wildman–Crippen LogP) is 2.41. The van der Waals surface area contributed by atoms with Crippen LogP contribution in [0.2, 0.25) is 0 Å². The number of carbonyl (C=O) groups is 2. The lowest BCUT2D eigenvalue weighted by molar-refractivity contribution is -0.125. The van der Waals surface area contributed by atoms with Crippen LogP contribution in [0.15, 0.2) is 23.2 Å². The van der Waals surface area contributed by atoms with Gasteiger partial charge in [0.25, 0.3) is 0 Å². The molecule has 1 aliphatic heterocycles. The Labute approximate surface area is 203 Å². The van der Waals surface area contributed by atoms with Gasteiger partial charge in [0.1, 0.15) is 16.3 Å². The molecule has 0 radical (unpaired) electrons. The van der Waals surface area contributed by atoms with Crippen LogP contribution < -0.4 is 20.3 Å². The average molecular weight is 498 g/mol. The van der Waals surface area contributed by atoms with Gasteiger partial charge >= 0.3 is 6.09 Å². The summed E-state index contributed by atoms with van der Waals surface area (Å²) in [6.45, 7) is 11.1. The van der Waals surface area contributed by atoms with Crippen molar-refractivity contribution in [3.63, 3.8) is 0 Å². The van der Waals surface area contributed by atoms with E-state index in [-0.39, 0.29) is 29.3 Å². The van der Waals surface area contributed by atoms with Gasteiger partial charge in [0.2, 0.25) is 15.9 Å². The minimum Gasteiger partial charge on any atom is -0.444 e. The molecular formula is C23H39N5O5S. The fraction of sp³-hybridized carbons (Fsp3) is 0.696. The molecule has 11 heteroatoms. The van der Waals surface area contributed by atoms with Gasteiger partial charge in [-0.25, -0.2) is 22.9 Å². The molecule has 192 valence electrons. The summed E-state index contributed by atoms with van der Waals surface area (Å²) in [7, 11) is -3.62. The molecular weight excluding hydrogens is 458 g/mol. The Morgan fingerprint density at radius 2 is 1.85 bits per heavy atom. The number of nitrogens with zero attached hydrogens (tertiary/aromatic N) is 2. The van der Waals surface area contributed by atoms with Crippen LogP contribution in [0, 0.1) is 5.92 Å². The maximum atomic E-state index is 12.6. The molecule has 1 aromatic heterocycles. The Morgan fingerprint density at radius 1 is 1.18 bits per heavy atom. The molecule has 0 saturated carbocycles. The third-order valence-corrected chi connectivity index (χ3v) is 7.05. The summed E-state index contributed by atoms with van der Waals surface area (Å²) in [4.78, 5) is 30.8. The Bertz CT molecular complexity index is 911. The summed E-state index contributed by atoms with van der Waals surface area (Å²) in [6.07, 6.45) is 3.87. The van der Waals surface area contributed by atoms with E-state index in [0.717, 1.165) is 32.2 Å². The molecule has 3 N–H and O–H groups in total. The van der Waals surface area contributed by atoms with Crippen LogP contribution in [0.4, 0.5) is 10.6 Å². The predicted molar refractivity (Wildman–Crippen MR) is 131 cm³/mol. The molecule has 2 amide bonds. The number of pyridine rings is 1. The van der Waals surface area contributed by atoms with E-state index in [1.165, 1.54) is 6.20 Å². The number of ether oxygens (including phenoxy) is 1. The van der Waals surface area contributed by atoms with Gasteiger partial charge < -0.3 is 20.3 Å². The van der Waals surface area contributed by atoms with Gasteiger partial charge in [0, 0.05) is 38.4 Å². The first-order valence-electron chi connectivity index (χ1n) is 11.9. The van der Waals surface area contributed by atoms with Crippen molar-refractivity contribution in [3.8, 4) is 0 Å². The minimum absolute atomic E-state index is 0.0794. The molecule has 0 aliphatic carbocycles. The average Bonchev–Trinajstić information content (AvgIpc) is 2.79. The molecule has 1 atom stereocenters. The number of rotatable bonds is 10. The van der Waals surface area contributed by atoms with Crippen molar-refractivity contribution >= 4 is 27.8 Å². The van der Waals surface area contributed by atoms with Gasteiger partial charge in [0.15, 0.2) is 0 Å². The van der Waals surface area contributed by atoms with Crippen LogP contribution in [0.5, 0.6) is 0 Å². The molecule has 1 aliphatic rings. The van der Waals surface area contributed by atoms with Crippen LogP contribution in [-0.4, -0.2) is 63.2 Å². The van der Waals surface area contributed by atoms with Crippen LogP contribution in [0.25, 0.3) is 0 Å². The largest absolute Gasteiger partial charge is 0.444 e. The van der Waals surface area contributed by atoms with Gasteiger partial charge in [0.05, 0.1) is 5.92 Å². The number of nitrogens with one attached hydrogen (secondary N) is 3. The summed E-state index contributed by atoms with van der Waals surface area (Å²) < 4.78 is 33.0. The molecule has 2 rings (SSSR count). The van der Waals surface area contributed by atoms with Crippen molar-refractivity contribution in [1.82, 2.24) is 20.3 Å². The molecule has 1 aromatic rings. The topological polar surface area (TPSA) is 130 Å². The maximum Gasteiger partial charge on any atom is 0.407 e. The molecule has 10 nitrogen and oxygen atoms in total. The zero-order chi connectivity index (χ0) is 25.4. The number of aromatic nitrogens is 1. The zero-order valence-corrected chi connectivity index (χ0v) is 21.7. The monoisotopic (exact) mass is 497 g/mol. The van der Waals surface area contributed by atoms with Gasteiger partial charge in [-0.2, -0.15) is 0 Å². The number of anilines is 1.